The van der Waals surface area contributed by atoms with Crippen molar-refractivity contribution in [3.63, 3.8) is 0 Å². The Balaban J connectivity index is 1.78. The maximum absolute atomic E-state index is 12.4. The molecule has 0 spiro atoms. The van der Waals surface area contributed by atoms with E-state index in [4.69, 9.17) is 9.88 Å². The van der Waals surface area contributed by atoms with Crippen molar-refractivity contribution in [2.45, 2.75) is 17.4 Å². The molecule has 3 rings (SSSR count). The molecule has 1 heterocycles. The molecule has 1 aliphatic rings. The van der Waals surface area contributed by atoms with Gasteiger partial charge in [0.15, 0.2) is 6.10 Å². The zero-order valence-electron chi connectivity index (χ0n) is 12.2. The molecule has 1 aliphatic heterocycles. The number of sulfonamides is 1. The first-order valence-electron chi connectivity index (χ1n) is 7.08. The number of amides is 1. The van der Waals surface area contributed by atoms with Crippen LogP contribution in [0.5, 0.6) is 0 Å². The maximum Gasteiger partial charge on any atom is 0.258 e. The molecule has 2 aromatic rings. The standard InChI is InChI=1S/C16H16N2O4S/c17-23(20,21)13-7-5-12(6-8-13)18-16(19)15-14-4-2-1-3-11(14)9-10-22-15/h1-8,15H,9-10H2,(H,18,19)(H2,17,20,21). The summed E-state index contributed by atoms with van der Waals surface area (Å²) in [5.74, 6) is -0.291. The lowest BCUT2D eigenvalue weighted by atomic mass is 9.97. The van der Waals surface area contributed by atoms with Gasteiger partial charge in [-0.15, -0.1) is 0 Å². The Morgan fingerprint density at radius 1 is 1.13 bits per heavy atom. The van der Waals surface area contributed by atoms with Crippen LogP contribution < -0.4 is 10.5 Å². The molecule has 0 aliphatic carbocycles. The van der Waals surface area contributed by atoms with E-state index in [1.807, 2.05) is 24.3 Å². The van der Waals surface area contributed by atoms with Crippen LogP contribution in [-0.2, 0) is 26.0 Å². The first-order valence-corrected chi connectivity index (χ1v) is 8.63. The first kappa shape index (κ1) is 15.7. The summed E-state index contributed by atoms with van der Waals surface area (Å²) in [5, 5.41) is 7.77. The molecule has 3 N–H and O–H groups in total. The number of nitrogens with one attached hydrogen (secondary N) is 1. The van der Waals surface area contributed by atoms with Crippen LogP contribution in [-0.4, -0.2) is 20.9 Å². The molecule has 2 aromatic carbocycles. The highest BCUT2D eigenvalue weighted by atomic mass is 32.2. The lowest BCUT2D eigenvalue weighted by Crippen LogP contribution is -2.28. The highest BCUT2D eigenvalue weighted by Gasteiger charge is 2.27. The van der Waals surface area contributed by atoms with Crippen LogP contribution in [0.15, 0.2) is 53.4 Å². The van der Waals surface area contributed by atoms with Crippen molar-refractivity contribution in [2.24, 2.45) is 5.14 Å². The Labute approximate surface area is 134 Å². The van der Waals surface area contributed by atoms with Crippen LogP contribution in [0, 0.1) is 0 Å². The van der Waals surface area contributed by atoms with E-state index in [1.54, 1.807) is 0 Å². The van der Waals surface area contributed by atoms with Gasteiger partial charge in [-0.2, -0.15) is 0 Å². The second-order valence-corrected chi connectivity index (χ2v) is 6.82. The normalized spacial score (nSPS) is 17.3. The second-order valence-electron chi connectivity index (χ2n) is 5.26. The Hall–Kier alpha value is -2.22. The van der Waals surface area contributed by atoms with Crippen molar-refractivity contribution in [3.05, 3.63) is 59.7 Å². The van der Waals surface area contributed by atoms with Gasteiger partial charge in [0.2, 0.25) is 10.0 Å². The fourth-order valence-corrected chi connectivity index (χ4v) is 3.06. The van der Waals surface area contributed by atoms with E-state index in [-0.39, 0.29) is 10.8 Å². The molecular formula is C16H16N2O4S. The third kappa shape index (κ3) is 3.42. The minimum atomic E-state index is -3.75. The van der Waals surface area contributed by atoms with Crippen molar-refractivity contribution < 1.29 is 17.9 Å². The number of hydrogen-bond acceptors (Lipinski definition) is 4. The van der Waals surface area contributed by atoms with Crippen molar-refractivity contribution in [1.82, 2.24) is 0 Å². The van der Waals surface area contributed by atoms with E-state index < -0.39 is 16.1 Å². The predicted octanol–water partition coefficient (Wildman–Crippen LogP) is 1.59. The summed E-state index contributed by atoms with van der Waals surface area (Å²) in [6.07, 6.45) is 0.112. The molecule has 1 unspecified atom stereocenters. The van der Waals surface area contributed by atoms with Gasteiger partial charge in [0, 0.05) is 5.69 Å². The number of nitrogens with two attached hydrogens (primary N) is 1. The van der Waals surface area contributed by atoms with E-state index in [1.165, 1.54) is 24.3 Å². The molecular weight excluding hydrogens is 316 g/mol. The predicted molar refractivity (Wildman–Crippen MR) is 85.3 cm³/mol. The highest BCUT2D eigenvalue weighted by molar-refractivity contribution is 7.89. The Kier molecular flexibility index (Phi) is 4.16. The molecule has 0 fully saturated rings. The fourth-order valence-electron chi connectivity index (χ4n) is 2.55. The van der Waals surface area contributed by atoms with E-state index in [9.17, 15) is 13.2 Å². The van der Waals surface area contributed by atoms with Crippen LogP contribution in [0.1, 0.15) is 17.2 Å². The Morgan fingerprint density at radius 3 is 2.52 bits per heavy atom. The second kappa shape index (κ2) is 6.11. The average molecular weight is 332 g/mol. The topological polar surface area (TPSA) is 98.5 Å². The smallest absolute Gasteiger partial charge is 0.258 e. The average Bonchev–Trinajstić information content (AvgIpc) is 2.54. The molecule has 0 radical (unpaired) electrons. The van der Waals surface area contributed by atoms with Gasteiger partial charge in [0.25, 0.3) is 5.91 Å². The molecule has 1 amide bonds. The highest BCUT2D eigenvalue weighted by Crippen LogP contribution is 2.28. The van der Waals surface area contributed by atoms with Crippen molar-refractivity contribution >= 4 is 21.6 Å². The van der Waals surface area contributed by atoms with Gasteiger partial charge in [-0.05, 0) is 41.8 Å². The summed E-state index contributed by atoms with van der Waals surface area (Å²) >= 11 is 0. The van der Waals surface area contributed by atoms with Crippen LogP contribution in [0.25, 0.3) is 0 Å². The monoisotopic (exact) mass is 332 g/mol. The number of ether oxygens (including phenoxy) is 1. The zero-order chi connectivity index (χ0) is 16.4. The van der Waals surface area contributed by atoms with E-state index in [2.05, 4.69) is 5.32 Å². The number of carbonyl (C=O) groups is 1. The van der Waals surface area contributed by atoms with Gasteiger partial charge in [-0.3, -0.25) is 4.79 Å². The fraction of sp³-hybridized carbons (Fsp3) is 0.188. The van der Waals surface area contributed by atoms with Gasteiger partial charge >= 0.3 is 0 Å². The van der Waals surface area contributed by atoms with Gasteiger partial charge in [0.1, 0.15) is 0 Å². The lowest BCUT2D eigenvalue weighted by Gasteiger charge is -2.25. The third-order valence-electron chi connectivity index (χ3n) is 3.68. The van der Waals surface area contributed by atoms with Crippen LogP contribution in [0.4, 0.5) is 5.69 Å². The van der Waals surface area contributed by atoms with Crippen LogP contribution >= 0.6 is 0 Å². The zero-order valence-corrected chi connectivity index (χ0v) is 13.0. The quantitative estimate of drug-likeness (QED) is 0.891. The molecule has 0 aromatic heterocycles. The van der Waals surface area contributed by atoms with Crippen molar-refractivity contribution in [2.75, 3.05) is 11.9 Å². The van der Waals surface area contributed by atoms with Crippen LogP contribution in [0.2, 0.25) is 0 Å². The number of rotatable bonds is 3. The summed E-state index contributed by atoms with van der Waals surface area (Å²) in [5.41, 5.74) is 2.44. The van der Waals surface area contributed by atoms with E-state index in [0.29, 0.717) is 12.3 Å². The van der Waals surface area contributed by atoms with Gasteiger partial charge in [-0.25, -0.2) is 13.6 Å². The van der Waals surface area contributed by atoms with E-state index >= 15 is 0 Å². The summed E-state index contributed by atoms with van der Waals surface area (Å²) in [4.78, 5) is 12.4. The number of benzene rings is 2. The summed E-state index contributed by atoms with van der Waals surface area (Å²) < 4.78 is 28.0. The molecule has 7 heteroatoms. The molecule has 0 saturated heterocycles. The minimum absolute atomic E-state index is 0.00485. The molecule has 6 nitrogen and oxygen atoms in total. The van der Waals surface area contributed by atoms with E-state index in [0.717, 1.165) is 17.5 Å². The molecule has 120 valence electrons. The summed E-state index contributed by atoms with van der Waals surface area (Å²) in [6, 6.07) is 13.3. The summed E-state index contributed by atoms with van der Waals surface area (Å²) in [7, 11) is -3.75. The van der Waals surface area contributed by atoms with Gasteiger partial charge in [-0.1, -0.05) is 24.3 Å². The number of carbonyl (C=O) groups excluding carboxylic acids is 1. The van der Waals surface area contributed by atoms with Crippen molar-refractivity contribution in [1.29, 1.82) is 0 Å². The van der Waals surface area contributed by atoms with Crippen molar-refractivity contribution in [3.8, 4) is 0 Å². The van der Waals surface area contributed by atoms with Gasteiger partial charge < -0.3 is 10.1 Å². The third-order valence-corrected chi connectivity index (χ3v) is 4.61. The first-order chi connectivity index (χ1) is 10.9. The number of anilines is 1. The summed E-state index contributed by atoms with van der Waals surface area (Å²) in [6.45, 7) is 0.486. The van der Waals surface area contributed by atoms with Crippen LogP contribution in [0.3, 0.4) is 0 Å². The molecule has 23 heavy (non-hydrogen) atoms. The number of hydrogen-bond donors (Lipinski definition) is 2. The largest absolute Gasteiger partial charge is 0.363 e. The van der Waals surface area contributed by atoms with Gasteiger partial charge in [0.05, 0.1) is 11.5 Å². The number of fused-ring (bicyclic) bond motifs is 1. The molecule has 1 atom stereocenters. The molecule has 0 bridgehead atoms. The molecule has 0 saturated carbocycles. The maximum atomic E-state index is 12.4. The Bertz CT molecular complexity index is 831. The lowest BCUT2D eigenvalue weighted by molar-refractivity contribution is -0.128. The number of primary sulfonamides is 1. The SMILES string of the molecule is NS(=O)(=O)c1ccc(NC(=O)C2OCCc3ccccc32)cc1. The minimum Gasteiger partial charge on any atom is -0.363 e. The Morgan fingerprint density at radius 2 is 1.83 bits per heavy atom.